The summed E-state index contributed by atoms with van der Waals surface area (Å²) in [4.78, 5) is 11.1. The molecule has 2 aromatic heterocycles. The van der Waals surface area contributed by atoms with Gasteiger partial charge in [-0.1, -0.05) is 12.1 Å². The Labute approximate surface area is 145 Å². The van der Waals surface area contributed by atoms with Crippen LogP contribution in [0.15, 0.2) is 30.6 Å². The molecule has 2 unspecified atom stereocenters. The average molecular weight is 341 g/mol. The SMILES string of the molecule is Cc1nn(-c2ccccc2F)c2ncnc(N3CC(C)OC(C)C3)c12. The molecule has 0 radical (unpaired) electrons. The molecular formula is C18H20FN5O. The Morgan fingerprint density at radius 3 is 2.56 bits per heavy atom. The predicted octanol–water partition coefficient (Wildman–Crippen LogP) is 2.88. The molecule has 1 saturated heterocycles. The first-order valence-corrected chi connectivity index (χ1v) is 8.40. The molecule has 4 rings (SSSR count). The third-order valence-electron chi connectivity index (χ3n) is 4.42. The molecule has 0 spiro atoms. The second-order valence-corrected chi connectivity index (χ2v) is 6.51. The molecule has 0 amide bonds. The summed E-state index contributed by atoms with van der Waals surface area (Å²) in [7, 11) is 0. The molecule has 1 aromatic carbocycles. The lowest BCUT2D eigenvalue weighted by molar-refractivity contribution is -0.00537. The van der Waals surface area contributed by atoms with E-state index in [-0.39, 0.29) is 18.0 Å². The summed E-state index contributed by atoms with van der Waals surface area (Å²) in [5.74, 6) is 0.493. The molecule has 7 heteroatoms. The molecule has 130 valence electrons. The quantitative estimate of drug-likeness (QED) is 0.717. The Hall–Kier alpha value is -2.54. The van der Waals surface area contributed by atoms with Crippen molar-refractivity contribution in [2.45, 2.75) is 33.0 Å². The smallest absolute Gasteiger partial charge is 0.168 e. The van der Waals surface area contributed by atoms with E-state index in [4.69, 9.17) is 4.74 Å². The first-order valence-electron chi connectivity index (χ1n) is 8.40. The number of ether oxygens (including phenoxy) is 1. The van der Waals surface area contributed by atoms with Gasteiger partial charge in [0, 0.05) is 13.1 Å². The summed E-state index contributed by atoms with van der Waals surface area (Å²) in [6, 6.07) is 6.57. The van der Waals surface area contributed by atoms with Gasteiger partial charge in [-0.05, 0) is 32.9 Å². The minimum atomic E-state index is -0.333. The van der Waals surface area contributed by atoms with Crippen LogP contribution in [-0.4, -0.2) is 45.0 Å². The Morgan fingerprint density at radius 2 is 1.84 bits per heavy atom. The molecule has 1 aliphatic rings. The van der Waals surface area contributed by atoms with Gasteiger partial charge in [-0.15, -0.1) is 0 Å². The zero-order chi connectivity index (χ0) is 17.6. The van der Waals surface area contributed by atoms with Crippen molar-refractivity contribution < 1.29 is 9.13 Å². The normalized spacial score (nSPS) is 21.0. The molecule has 0 bridgehead atoms. The van der Waals surface area contributed by atoms with Crippen LogP contribution in [0.2, 0.25) is 0 Å². The van der Waals surface area contributed by atoms with Gasteiger partial charge >= 0.3 is 0 Å². The standard InChI is InChI=1S/C18H20FN5O/c1-11-8-23(9-12(2)25-11)17-16-13(3)22-24(18(16)21-10-20-17)15-7-5-4-6-14(15)19/h4-7,10-12H,8-9H2,1-3H3. The Kier molecular flexibility index (Phi) is 3.88. The highest BCUT2D eigenvalue weighted by atomic mass is 19.1. The van der Waals surface area contributed by atoms with E-state index >= 15 is 0 Å². The first-order chi connectivity index (χ1) is 12.0. The number of anilines is 1. The van der Waals surface area contributed by atoms with Crippen LogP contribution in [0.25, 0.3) is 16.7 Å². The molecule has 3 aromatic rings. The summed E-state index contributed by atoms with van der Waals surface area (Å²) >= 11 is 0. The summed E-state index contributed by atoms with van der Waals surface area (Å²) < 4.78 is 21.6. The van der Waals surface area contributed by atoms with Gasteiger partial charge < -0.3 is 9.64 Å². The van der Waals surface area contributed by atoms with E-state index < -0.39 is 0 Å². The molecule has 1 fully saturated rings. The van der Waals surface area contributed by atoms with Crippen molar-refractivity contribution in [1.29, 1.82) is 0 Å². The number of rotatable bonds is 2. The highest BCUT2D eigenvalue weighted by Crippen LogP contribution is 2.30. The van der Waals surface area contributed by atoms with Crippen molar-refractivity contribution >= 4 is 16.9 Å². The lowest BCUT2D eigenvalue weighted by atomic mass is 10.2. The van der Waals surface area contributed by atoms with E-state index in [1.54, 1.807) is 22.9 Å². The second kappa shape index (κ2) is 6.07. The number of halogens is 1. The third kappa shape index (κ3) is 2.74. The largest absolute Gasteiger partial charge is 0.372 e. The maximum Gasteiger partial charge on any atom is 0.168 e. The topological polar surface area (TPSA) is 56.1 Å². The monoisotopic (exact) mass is 341 g/mol. The van der Waals surface area contributed by atoms with E-state index in [1.807, 2.05) is 6.92 Å². The van der Waals surface area contributed by atoms with Crippen LogP contribution in [0.1, 0.15) is 19.5 Å². The number of aryl methyl sites for hydroxylation is 1. The van der Waals surface area contributed by atoms with Gasteiger partial charge in [0.1, 0.15) is 23.6 Å². The number of hydrogen-bond acceptors (Lipinski definition) is 5. The molecule has 6 nitrogen and oxygen atoms in total. The fourth-order valence-corrected chi connectivity index (χ4v) is 3.48. The number of fused-ring (bicyclic) bond motifs is 1. The van der Waals surface area contributed by atoms with E-state index in [9.17, 15) is 4.39 Å². The number of aromatic nitrogens is 4. The van der Waals surface area contributed by atoms with Crippen LogP contribution in [0.3, 0.4) is 0 Å². The van der Waals surface area contributed by atoms with Gasteiger partial charge in [-0.3, -0.25) is 0 Å². The predicted molar refractivity (Wildman–Crippen MR) is 93.6 cm³/mol. The van der Waals surface area contributed by atoms with Crippen LogP contribution in [-0.2, 0) is 4.74 Å². The zero-order valence-corrected chi connectivity index (χ0v) is 14.5. The molecule has 0 saturated carbocycles. The fourth-order valence-electron chi connectivity index (χ4n) is 3.48. The Morgan fingerprint density at radius 1 is 1.12 bits per heavy atom. The van der Waals surface area contributed by atoms with E-state index in [0.29, 0.717) is 11.3 Å². The highest BCUT2D eigenvalue weighted by molar-refractivity contribution is 5.90. The van der Waals surface area contributed by atoms with E-state index in [1.165, 1.54) is 12.4 Å². The minimum absolute atomic E-state index is 0.121. The minimum Gasteiger partial charge on any atom is -0.372 e. The average Bonchev–Trinajstić information content (AvgIpc) is 2.91. The van der Waals surface area contributed by atoms with Crippen molar-refractivity contribution in [2.24, 2.45) is 0 Å². The van der Waals surface area contributed by atoms with E-state index in [0.717, 1.165) is 30.0 Å². The maximum atomic E-state index is 14.2. The van der Waals surface area contributed by atoms with Gasteiger partial charge in [0.25, 0.3) is 0 Å². The number of para-hydroxylation sites is 1. The van der Waals surface area contributed by atoms with Gasteiger partial charge in [-0.25, -0.2) is 19.0 Å². The van der Waals surface area contributed by atoms with Gasteiger partial charge in [-0.2, -0.15) is 5.10 Å². The van der Waals surface area contributed by atoms with Crippen molar-refractivity contribution in [3.63, 3.8) is 0 Å². The maximum absolute atomic E-state index is 14.2. The lowest BCUT2D eigenvalue weighted by Crippen LogP contribution is -2.46. The van der Waals surface area contributed by atoms with E-state index in [2.05, 4.69) is 33.8 Å². The van der Waals surface area contributed by atoms with Crippen molar-refractivity contribution in [3.05, 3.63) is 42.1 Å². The lowest BCUT2D eigenvalue weighted by Gasteiger charge is -2.36. The van der Waals surface area contributed by atoms with Crippen LogP contribution < -0.4 is 4.90 Å². The van der Waals surface area contributed by atoms with Crippen LogP contribution >= 0.6 is 0 Å². The Balaban J connectivity index is 1.87. The van der Waals surface area contributed by atoms with Gasteiger partial charge in [0.2, 0.25) is 0 Å². The number of hydrogen-bond donors (Lipinski definition) is 0. The summed E-state index contributed by atoms with van der Waals surface area (Å²) in [6.45, 7) is 7.51. The van der Waals surface area contributed by atoms with Crippen LogP contribution in [0.5, 0.6) is 0 Å². The van der Waals surface area contributed by atoms with Crippen molar-refractivity contribution in [1.82, 2.24) is 19.7 Å². The Bertz CT molecular complexity index is 915. The first kappa shape index (κ1) is 16.0. The number of nitrogens with zero attached hydrogens (tertiary/aromatic N) is 5. The van der Waals surface area contributed by atoms with Crippen molar-refractivity contribution in [3.8, 4) is 5.69 Å². The molecule has 0 N–H and O–H groups in total. The molecule has 2 atom stereocenters. The molecular weight excluding hydrogens is 321 g/mol. The number of benzene rings is 1. The zero-order valence-electron chi connectivity index (χ0n) is 14.5. The second-order valence-electron chi connectivity index (χ2n) is 6.51. The molecule has 1 aliphatic heterocycles. The van der Waals surface area contributed by atoms with Gasteiger partial charge in [0.15, 0.2) is 5.65 Å². The molecule has 0 aliphatic carbocycles. The van der Waals surface area contributed by atoms with Gasteiger partial charge in [0.05, 0.1) is 23.3 Å². The van der Waals surface area contributed by atoms with Crippen LogP contribution in [0.4, 0.5) is 10.2 Å². The summed E-state index contributed by atoms with van der Waals surface area (Å²) in [5, 5.41) is 5.38. The summed E-state index contributed by atoms with van der Waals surface area (Å²) in [6.07, 6.45) is 1.76. The number of morpholine rings is 1. The van der Waals surface area contributed by atoms with Crippen LogP contribution in [0, 0.1) is 12.7 Å². The third-order valence-corrected chi connectivity index (χ3v) is 4.42. The molecule has 25 heavy (non-hydrogen) atoms. The highest BCUT2D eigenvalue weighted by Gasteiger charge is 2.26. The van der Waals surface area contributed by atoms with Crippen molar-refractivity contribution in [2.75, 3.05) is 18.0 Å². The summed E-state index contributed by atoms with van der Waals surface area (Å²) in [5.41, 5.74) is 1.77. The fraction of sp³-hybridized carbons (Fsp3) is 0.389. The molecule has 3 heterocycles.